The lowest BCUT2D eigenvalue weighted by atomic mass is 10.0. The lowest BCUT2D eigenvalue weighted by molar-refractivity contribution is 0.484. The number of hydrogen-bond donors (Lipinski definition) is 1. The Labute approximate surface area is 114 Å². The molecule has 4 heteroatoms. The van der Waals surface area contributed by atoms with Gasteiger partial charge in [-0.25, -0.2) is 0 Å². The third-order valence-corrected chi connectivity index (χ3v) is 4.12. The lowest BCUT2D eigenvalue weighted by Gasteiger charge is -2.08. The third kappa shape index (κ3) is 3.33. The normalized spacial score (nSPS) is 11.9. The van der Waals surface area contributed by atoms with Crippen LogP contribution in [0, 0.1) is 0 Å². The quantitative estimate of drug-likeness (QED) is 0.668. The standard InChI is InChI=1S/C15H18O3S/c1-2-3-4-7-12-10-13-8-5-6-9-14(13)15(11-12)19(16,17)18/h5-6,8-11H,2-4,7H2,1H3,(H,16,17,18). The van der Waals surface area contributed by atoms with Crippen LogP contribution in [-0.4, -0.2) is 13.0 Å². The van der Waals surface area contributed by atoms with Crippen molar-refractivity contribution < 1.29 is 13.0 Å². The number of hydrogen-bond acceptors (Lipinski definition) is 2. The molecule has 0 aliphatic rings. The van der Waals surface area contributed by atoms with Crippen LogP contribution < -0.4 is 0 Å². The monoisotopic (exact) mass is 278 g/mol. The van der Waals surface area contributed by atoms with Crippen LogP contribution in [0.4, 0.5) is 0 Å². The van der Waals surface area contributed by atoms with Crippen molar-refractivity contribution >= 4 is 20.9 Å². The molecule has 0 unspecified atom stereocenters. The van der Waals surface area contributed by atoms with Crippen LogP contribution in [0.25, 0.3) is 10.8 Å². The summed E-state index contributed by atoms with van der Waals surface area (Å²) in [4.78, 5) is 0.0112. The minimum absolute atomic E-state index is 0.0112. The molecule has 2 aromatic carbocycles. The average molecular weight is 278 g/mol. The Hall–Kier alpha value is -1.39. The van der Waals surface area contributed by atoms with Gasteiger partial charge in [0.05, 0.1) is 0 Å². The van der Waals surface area contributed by atoms with Crippen molar-refractivity contribution in [2.75, 3.05) is 0 Å². The second-order valence-corrected chi connectivity index (χ2v) is 6.14. The molecule has 19 heavy (non-hydrogen) atoms. The molecule has 102 valence electrons. The molecule has 0 spiro atoms. The number of unbranched alkanes of at least 4 members (excludes halogenated alkanes) is 2. The summed E-state index contributed by atoms with van der Waals surface area (Å²) in [6.45, 7) is 2.13. The zero-order valence-corrected chi connectivity index (χ0v) is 11.8. The van der Waals surface area contributed by atoms with Gasteiger partial charge in [-0.05, 0) is 29.9 Å². The first-order chi connectivity index (χ1) is 9.02. The van der Waals surface area contributed by atoms with Crippen LogP contribution in [0.2, 0.25) is 0 Å². The van der Waals surface area contributed by atoms with Gasteiger partial charge in [0.15, 0.2) is 0 Å². The van der Waals surface area contributed by atoms with E-state index in [2.05, 4.69) is 6.92 Å². The van der Waals surface area contributed by atoms with E-state index in [9.17, 15) is 13.0 Å². The Morgan fingerprint density at radius 1 is 1.11 bits per heavy atom. The molecule has 0 radical (unpaired) electrons. The molecule has 0 aromatic heterocycles. The highest BCUT2D eigenvalue weighted by atomic mass is 32.2. The number of aryl methyl sites for hydroxylation is 1. The van der Waals surface area contributed by atoms with E-state index in [0.717, 1.165) is 36.6 Å². The highest BCUT2D eigenvalue weighted by Gasteiger charge is 2.15. The van der Waals surface area contributed by atoms with E-state index in [1.165, 1.54) is 0 Å². The summed E-state index contributed by atoms with van der Waals surface area (Å²) in [5.41, 5.74) is 0.958. The van der Waals surface area contributed by atoms with E-state index in [0.29, 0.717) is 5.39 Å². The molecule has 2 rings (SSSR count). The summed E-state index contributed by atoms with van der Waals surface area (Å²) < 4.78 is 32.3. The first-order valence-corrected chi connectivity index (χ1v) is 7.95. The molecule has 0 saturated carbocycles. The van der Waals surface area contributed by atoms with Gasteiger partial charge in [0.2, 0.25) is 0 Å². The molecule has 0 aliphatic carbocycles. The highest BCUT2D eigenvalue weighted by Crippen LogP contribution is 2.25. The van der Waals surface area contributed by atoms with E-state index in [-0.39, 0.29) is 4.90 Å². The fraction of sp³-hybridized carbons (Fsp3) is 0.333. The van der Waals surface area contributed by atoms with Gasteiger partial charge in [-0.2, -0.15) is 8.42 Å². The van der Waals surface area contributed by atoms with E-state index in [4.69, 9.17) is 0 Å². The fourth-order valence-electron chi connectivity index (χ4n) is 2.27. The Morgan fingerprint density at radius 3 is 2.53 bits per heavy atom. The average Bonchev–Trinajstić information content (AvgIpc) is 2.37. The van der Waals surface area contributed by atoms with E-state index in [1.54, 1.807) is 18.2 Å². The molecule has 0 fully saturated rings. The molecule has 0 aliphatic heterocycles. The SMILES string of the molecule is CCCCCc1cc(S(=O)(=O)O)c2ccccc2c1. The number of benzene rings is 2. The van der Waals surface area contributed by atoms with Crippen LogP contribution >= 0.6 is 0 Å². The van der Waals surface area contributed by atoms with Gasteiger partial charge in [0, 0.05) is 5.39 Å². The molecule has 0 heterocycles. The predicted octanol–water partition coefficient (Wildman–Crippen LogP) is 3.82. The Morgan fingerprint density at radius 2 is 1.84 bits per heavy atom. The molecule has 3 nitrogen and oxygen atoms in total. The summed E-state index contributed by atoms with van der Waals surface area (Å²) >= 11 is 0. The number of fused-ring (bicyclic) bond motifs is 1. The van der Waals surface area contributed by atoms with Gasteiger partial charge in [-0.1, -0.05) is 50.1 Å². The highest BCUT2D eigenvalue weighted by molar-refractivity contribution is 7.86. The van der Waals surface area contributed by atoms with Crippen LogP contribution in [-0.2, 0) is 16.5 Å². The first kappa shape index (κ1) is 14.0. The van der Waals surface area contributed by atoms with Crippen LogP contribution in [0.5, 0.6) is 0 Å². The summed E-state index contributed by atoms with van der Waals surface area (Å²) in [5.74, 6) is 0. The fourth-order valence-corrected chi connectivity index (χ4v) is 3.04. The lowest BCUT2D eigenvalue weighted by Crippen LogP contribution is -2.01. The first-order valence-electron chi connectivity index (χ1n) is 6.51. The Kier molecular flexibility index (Phi) is 4.22. The van der Waals surface area contributed by atoms with Crippen LogP contribution in [0.1, 0.15) is 31.7 Å². The number of rotatable bonds is 5. The summed E-state index contributed by atoms with van der Waals surface area (Å²) in [6, 6.07) is 10.8. The zero-order chi connectivity index (χ0) is 13.9. The smallest absolute Gasteiger partial charge is 0.282 e. The maximum Gasteiger partial charge on any atom is 0.295 e. The van der Waals surface area contributed by atoms with Gasteiger partial charge >= 0.3 is 0 Å². The molecule has 0 saturated heterocycles. The molecule has 2 aromatic rings. The molecule has 0 bridgehead atoms. The predicted molar refractivity (Wildman–Crippen MR) is 77.0 cm³/mol. The maximum absolute atomic E-state index is 11.5. The van der Waals surface area contributed by atoms with Crippen molar-refractivity contribution in [2.24, 2.45) is 0 Å². The maximum atomic E-state index is 11.5. The minimum Gasteiger partial charge on any atom is -0.282 e. The third-order valence-electron chi connectivity index (χ3n) is 3.23. The zero-order valence-electron chi connectivity index (χ0n) is 11.0. The van der Waals surface area contributed by atoms with Gasteiger partial charge in [0.25, 0.3) is 10.1 Å². The van der Waals surface area contributed by atoms with Gasteiger partial charge < -0.3 is 0 Å². The molecular formula is C15H18O3S. The topological polar surface area (TPSA) is 54.4 Å². The van der Waals surface area contributed by atoms with E-state index in [1.807, 2.05) is 18.2 Å². The van der Waals surface area contributed by atoms with Crippen LogP contribution in [0.15, 0.2) is 41.3 Å². The van der Waals surface area contributed by atoms with Crippen LogP contribution in [0.3, 0.4) is 0 Å². The Balaban J connectivity index is 2.51. The summed E-state index contributed by atoms with van der Waals surface area (Å²) in [5, 5.41) is 1.42. The minimum atomic E-state index is -4.18. The van der Waals surface area contributed by atoms with E-state index < -0.39 is 10.1 Å². The van der Waals surface area contributed by atoms with Crippen molar-refractivity contribution in [2.45, 2.75) is 37.5 Å². The largest absolute Gasteiger partial charge is 0.295 e. The molecule has 1 N–H and O–H groups in total. The molecule has 0 amide bonds. The Bertz CT molecular complexity index is 675. The summed E-state index contributed by atoms with van der Waals surface area (Å²) in [6.07, 6.45) is 4.10. The second-order valence-electron chi connectivity index (χ2n) is 4.75. The molecular weight excluding hydrogens is 260 g/mol. The van der Waals surface area contributed by atoms with Gasteiger partial charge in [-0.15, -0.1) is 0 Å². The van der Waals surface area contributed by atoms with Gasteiger partial charge in [-0.3, -0.25) is 4.55 Å². The van der Waals surface area contributed by atoms with Gasteiger partial charge in [0.1, 0.15) is 4.90 Å². The van der Waals surface area contributed by atoms with Crippen molar-refractivity contribution in [1.29, 1.82) is 0 Å². The van der Waals surface area contributed by atoms with Crippen molar-refractivity contribution in [3.05, 3.63) is 42.0 Å². The van der Waals surface area contributed by atoms with Crippen molar-refractivity contribution in [3.63, 3.8) is 0 Å². The van der Waals surface area contributed by atoms with E-state index >= 15 is 0 Å². The van der Waals surface area contributed by atoms with Crippen molar-refractivity contribution in [1.82, 2.24) is 0 Å². The summed E-state index contributed by atoms with van der Waals surface area (Å²) in [7, 11) is -4.18. The van der Waals surface area contributed by atoms with Crippen molar-refractivity contribution in [3.8, 4) is 0 Å². The second kappa shape index (κ2) is 5.72. The molecule has 0 atom stereocenters.